The van der Waals surface area contributed by atoms with Crippen LogP contribution in [0.15, 0.2) is 28.3 Å². The first-order valence-electron chi connectivity index (χ1n) is 5.82. The van der Waals surface area contributed by atoms with Gasteiger partial charge in [-0.2, -0.15) is 5.10 Å². The van der Waals surface area contributed by atoms with Crippen LogP contribution >= 0.6 is 27.3 Å². The summed E-state index contributed by atoms with van der Waals surface area (Å²) in [5, 5.41) is 4.20. The van der Waals surface area contributed by atoms with Crippen molar-refractivity contribution in [1.82, 2.24) is 9.78 Å². The molecule has 2 rings (SSSR count). The number of rotatable bonds is 5. The second-order valence-corrected chi connectivity index (χ2v) is 6.32. The first kappa shape index (κ1) is 14.2. The molecule has 2 heterocycles. The minimum absolute atomic E-state index is 0.0699. The average molecular weight is 344 g/mol. The maximum atomic E-state index is 11.6. The molecule has 0 saturated carbocycles. The molecule has 0 saturated heterocycles. The number of thiophene rings is 1. The lowest BCUT2D eigenvalue weighted by molar-refractivity contribution is 0.0526. The quantitative estimate of drug-likeness (QED) is 0.846. The van der Waals surface area contributed by atoms with Crippen LogP contribution in [0.3, 0.4) is 0 Å². The Labute approximate surface area is 123 Å². The van der Waals surface area contributed by atoms with E-state index in [1.807, 2.05) is 12.1 Å². The van der Waals surface area contributed by atoms with E-state index in [4.69, 9.17) is 10.5 Å². The van der Waals surface area contributed by atoms with Gasteiger partial charge in [0.15, 0.2) is 0 Å². The van der Waals surface area contributed by atoms with Crippen LogP contribution in [0.2, 0.25) is 0 Å². The Hall–Kier alpha value is -1.18. The van der Waals surface area contributed by atoms with Crippen LogP contribution in [0.25, 0.3) is 0 Å². The summed E-state index contributed by atoms with van der Waals surface area (Å²) in [5.41, 5.74) is 6.25. The molecule has 1 atom stereocenters. The Bertz CT molecular complexity index is 567. The van der Waals surface area contributed by atoms with Gasteiger partial charge in [0.2, 0.25) is 0 Å². The predicted molar refractivity (Wildman–Crippen MR) is 77.4 cm³/mol. The molecule has 2 aromatic rings. The molecule has 0 aliphatic rings. The van der Waals surface area contributed by atoms with Gasteiger partial charge in [-0.25, -0.2) is 4.79 Å². The number of nitrogens with zero attached hydrogens (tertiary/aromatic N) is 2. The Morgan fingerprint density at radius 1 is 1.63 bits per heavy atom. The van der Waals surface area contributed by atoms with E-state index in [9.17, 15) is 4.79 Å². The molecule has 2 N–H and O–H groups in total. The average Bonchev–Trinajstić information content (AvgIpc) is 3.01. The zero-order valence-electron chi connectivity index (χ0n) is 10.4. The van der Waals surface area contributed by atoms with Gasteiger partial charge in [0.1, 0.15) is 0 Å². The van der Waals surface area contributed by atoms with E-state index >= 15 is 0 Å². The van der Waals surface area contributed by atoms with Crippen molar-refractivity contribution < 1.29 is 9.53 Å². The van der Waals surface area contributed by atoms with Crippen LogP contribution < -0.4 is 5.73 Å². The van der Waals surface area contributed by atoms with Crippen LogP contribution in [0, 0.1) is 0 Å². The SMILES string of the molecule is CCOC(=O)c1cnn(C(CN)c2ccc(Br)s2)c1. The van der Waals surface area contributed by atoms with Crippen molar-refractivity contribution in [3.63, 3.8) is 0 Å². The number of aromatic nitrogens is 2. The summed E-state index contributed by atoms with van der Waals surface area (Å²) in [7, 11) is 0. The highest BCUT2D eigenvalue weighted by atomic mass is 79.9. The highest BCUT2D eigenvalue weighted by molar-refractivity contribution is 9.11. The lowest BCUT2D eigenvalue weighted by atomic mass is 10.2. The molecule has 0 bridgehead atoms. The van der Waals surface area contributed by atoms with Crippen LogP contribution in [-0.2, 0) is 4.74 Å². The number of hydrogen-bond donors (Lipinski definition) is 1. The summed E-state index contributed by atoms with van der Waals surface area (Å²) in [6.07, 6.45) is 3.17. The number of carbonyl (C=O) groups is 1. The van der Waals surface area contributed by atoms with E-state index < -0.39 is 0 Å². The highest BCUT2D eigenvalue weighted by Gasteiger charge is 2.17. The van der Waals surface area contributed by atoms with Crippen molar-refractivity contribution in [2.45, 2.75) is 13.0 Å². The molecule has 0 spiro atoms. The summed E-state index contributed by atoms with van der Waals surface area (Å²) < 4.78 is 7.68. The number of carbonyl (C=O) groups excluding carboxylic acids is 1. The van der Waals surface area contributed by atoms with Crippen LogP contribution in [-0.4, -0.2) is 28.9 Å². The predicted octanol–water partition coefficient (Wildman–Crippen LogP) is 2.43. The standard InChI is InChI=1S/C12H14BrN3O2S/c1-2-18-12(17)8-6-15-16(7-8)9(5-14)10-3-4-11(13)19-10/h3-4,6-7,9H,2,5,14H2,1H3. The maximum absolute atomic E-state index is 11.6. The Morgan fingerprint density at radius 2 is 2.42 bits per heavy atom. The van der Waals surface area contributed by atoms with Crippen LogP contribution in [0.4, 0.5) is 0 Å². The Morgan fingerprint density at radius 3 is 3.00 bits per heavy atom. The largest absolute Gasteiger partial charge is 0.462 e. The van der Waals surface area contributed by atoms with E-state index in [2.05, 4.69) is 21.0 Å². The van der Waals surface area contributed by atoms with Crippen molar-refractivity contribution in [1.29, 1.82) is 0 Å². The molecule has 2 aromatic heterocycles. The zero-order chi connectivity index (χ0) is 13.8. The number of hydrogen-bond acceptors (Lipinski definition) is 5. The summed E-state index contributed by atoms with van der Waals surface area (Å²) in [5.74, 6) is -0.364. The molecule has 7 heteroatoms. The van der Waals surface area contributed by atoms with Gasteiger partial charge in [-0.05, 0) is 35.0 Å². The fraction of sp³-hybridized carbons (Fsp3) is 0.333. The minimum Gasteiger partial charge on any atom is -0.462 e. The molecule has 0 radical (unpaired) electrons. The van der Waals surface area contributed by atoms with Gasteiger partial charge in [0.05, 0.1) is 28.2 Å². The van der Waals surface area contributed by atoms with Crippen molar-refractivity contribution >= 4 is 33.2 Å². The molecule has 0 fully saturated rings. The number of esters is 1. The van der Waals surface area contributed by atoms with Crippen LogP contribution in [0.5, 0.6) is 0 Å². The Balaban J connectivity index is 2.22. The van der Waals surface area contributed by atoms with Gasteiger partial charge >= 0.3 is 5.97 Å². The first-order valence-corrected chi connectivity index (χ1v) is 7.43. The van der Waals surface area contributed by atoms with E-state index in [-0.39, 0.29) is 12.0 Å². The number of halogens is 1. The molecule has 0 amide bonds. The molecule has 102 valence electrons. The summed E-state index contributed by atoms with van der Waals surface area (Å²) >= 11 is 5.03. The minimum atomic E-state index is -0.364. The van der Waals surface area contributed by atoms with E-state index in [0.717, 1.165) is 8.66 Å². The highest BCUT2D eigenvalue weighted by Crippen LogP contribution is 2.28. The van der Waals surface area contributed by atoms with Gasteiger partial charge in [0, 0.05) is 17.6 Å². The normalized spacial score (nSPS) is 12.4. The molecule has 1 unspecified atom stereocenters. The third-order valence-corrected chi connectivity index (χ3v) is 4.30. The topological polar surface area (TPSA) is 70.1 Å². The van der Waals surface area contributed by atoms with Crippen LogP contribution in [0.1, 0.15) is 28.2 Å². The maximum Gasteiger partial charge on any atom is 0.341 e. The molecule has 0 aromatic carbocycles. The molecular formula is C12H14BrN3O2S. The van der Waals surface area contributed by atoms with Gasteiger partial charge in [-0.15, -0.1) is 11.3 Å². The third kappa shape index (κ3) is 3.23. The van der Waals surface area contributed by atoms with E-state index in [1.54, 1.807) is 29.1 Å². The third-order valence-electron chi connectivity index (χ3n) is 2.58. The monoisotopic (exact) mass is 343 g/mol. The number of nitrogens with two attached hydrogens (primary N) is 1. The van der Waals surface area contributed by atoms with Crippen molar-refractivity contribution in [2.75, 3.05) is 13.2 Å². The molecule has 5 nitrogen and oxygen atoms in total. The lowest BCUT2D eigenvalue weighted by Gasteiger charge is -2.13. The van der Waals surface area contributed by atoms with Gasteiger partial charge in [-0.1, -0.05) is 0 Å². The fourth-order valence-electron chi connectivity index (χ4n) is 1.69. The molecular weight excluding hydrogens is 330 g/mol. The fourth-order valence-corrected chi connectivity index (χ4v) is 3.22. The Kier molecular flexibility index (Phi) is 4.73. The molecule has 0 aliphatic heterocycles. The second-order valence-electron chi connectivity index (χ2n) is 3.82. The summed E-state index contributed by atoms with van der Waals surface area (Å²) in [6.45, 7) is 2.54. The number of ether oxygens (including phenoxy) is 1. The van der Waals surface area contributed by atoms with Gasteiger partial charge < -0.3 is 10.5 Å². The molecule has 0 aliphatic carbocycles. The van der Waals surface area contributed by atoms with Gasteiger partial charge in [0.25, 0.3) is 0 Å². The second kappa shape index (κ2) is 6.31. The smallest absolute Gasteiger partial charge is 0.341 e. The van der Waals surface area contributed by atoms with Gasteiger partial charge in [-0.3, -0.25) is 4.68 Å². The molecule has 19 heavy (non-hydrogen) atoms. The summed E-state index contributed by atoms with van der Waals surface area (Å²) in [4.78, 5) is 12.7. The van der Waals surface area contributed by atoms with E-state index in [1.165, 1.54) is 6.20 Å². The van der Waals surface area contributed by atoms with E-state index in [0.29, 0.717) is 18.7 Å². The first-order chi connectivity index (χ1) is 9.15. The van der Waals surface area contributed by atoms with Crippen molar-refractivity contribution in [3.05, 3.63) is 38.8 Å². The lowest BCUT2D eigenvalue weighted by Crippen LogP contribution is -2.20. The van der Waals surface area contributed by atoms with Crippen molar-refractivity contribution in [2.24, 2.45) is 5.73 Å². The van der Waals surface area contributed by atoms with Crippen molar-refractivity contribution in [3.8, 4) is 0 Å². The summed E-state index contributed by atoms with van der Waals surface area (Å²) in [6, 6.07) is 3.90. The zero-order valence-corrected chi connectivity index (χ0v) is 12.8.